The van der Waals surface area contributed by atoms with E-state index in [-0.39, 0.29) is 38.4 Å². The molecule has 0 amide bonds. The van der Waals surface area contributed by atoms with Crippen molar-refractivity contribution in [1.29, 1.82) is 0 Å². The van der Waals surface area contributed by atoms with Crippen molar-refractivity contribution in [3.63, 3.8) is 0 Å². The van der Waals surface area contributed by atoms with Gasteiger partial charge in [0.25, 0.3) is 0 Å². The van der Waals surface area contributed by atoms with E-state index in [1.165, 1.54) is 0 Å². The molecular weight excluding hydrogens is 729 g/mol. The van der Waals surface area contributed by atoms with E-state index in [9.17, 15) is 9.59 Å². The highest BCUT2D eigenvalue weighted by Crippen LogP contribution is 2.44. The molecule has 7 rings (SSSR count). The van der Waals surface area contributed by atoms with Crippen molar-refractivity contribution in [1.82, 2.24) is 0 Å². The van der Waals surface area contributed by atoms with Gasteiger partial charge in [-0.1, -0.05) is 122 Å². The molecule has 0 fully saturated rings. The lowest BCUT2D eigenvalue weighted by Gasteiger charge is -2.24. The minimum Gasteiger partial charge on any atom is -0.489 e. The highest BCUT2D eigenvalue weighted by Gasteiger charge is 2.23. The summed E-state index contributed by atoms with van der Waals surface area (Å²) in [6.45, 7) is 8.30. The van der Waals surface area contributed by atoms with Gasteiger partial charge in [-0.3, -0.25) is 9.59 Å². The summed E-state index contributed by atoms with van der Waals surface area (Å²) >= 11 is 0. The highest BCUT2D eigenvalue weighted by molar-refractivity contribution is 6.11. The number of hydrogen-bond acceptors (Lipinski definition) is 8. The minimum absolute atomic E-state index is 0.0629. The minimum atomic E-state index is -0.686. The van der Waals surface area contributed by atoms with Gasteiger partial charge in [0.05, 0.1) is 0 Å². The molecule has 8 heteroatoms. The molecule has 2 unspecified atom stereocenters. The molecule has 0 aliphatic rings. The van der Waals surface area contributed by atoms with Crippen LogP contribution < -0.4 is 18.9 Å². The van der Waals surface area contributed by atoms with Crippen molar-refractivity contribution < 1.29 is 38.0 Å². The normalized spacial score (nSPS) is 12.3. The second kappa shape index (κ2) is 18.8. The van der Waals surface area contributed by atoms with E-state index >= 15 is 0 Å². The van der Waals surface area contributed by atoms with Crippen LogP contribution in [0.2, 0.25) is 0 Å². The van der Waals surface area contributed by atoms with E-state index in [0.29, 0.717) is 48.7 Å². The number of fused-ring (bicyclic) bond motifs is 4. The van der Waals surface area contributed by atoms with Crippen LogP contribution >= 0.6 is 0 Å². The summed E-state index contributed by atoms with van der Waals surface area (Å²) in [5, 5.41) is 7.42. The van der Waals surface area contributed by atoms with Crippen LogP contribution in [0.25, 0.3) is 43.1 Å². The fourth-order valence-electron chi connectivity index (χ4n) is 7.18. The summed E-state index contributed by atoms with van der Waals surface area (Å²) in [4.78, 5) is 25.7. The summed E-state index contributed by atoms with van der Waals surface area (Å²) in [5.41, 5.74) is 2.07. The third-order valence-electron chi connectivity index (χ3n) is 10.0. The number of benzene rings is 7. The third kappa shape index (κ3) is 9.46. The average Bonchev–Trinajstić information content (AvgIpc) is 3.23. The lowest BCUT2D eigenvalue weighted by Crippen LogP contribution is -2.31. The first-order chi connectivity index (χ1) is 28.3. The molecule has 0 spiro atoms. The Bertz CT molecular complexity index is 2360. The predicted molar refractivity (Wildman–Crippen MR) is 230 cm³/mol. The molecule has 0 N–H and O–H groups in total. The summed E-state index contributed by atoms with van der Waals surface area (Å²) in [6, 6.07) is 40.1. The molecular formula is C50H50O8. The number of carbonyl (C=O) groups is 2. The van der Waals surface area contributed by atoms with Crippen LogP contribution in [-0.4, -0.2) is 50.6 Å². The Morgan fingerprint density at radius 1 is 0.448 bits per heavy atom. The Hall–Kier alpha value is -6.28. The molecule has 0 aliphatic heterocycles. The number of rotatable bonds is 18. The maximum Gasteiger partial charge on any atom is 0.306 e. The van der Waals surface area contributed by atoms with Crippen LogP contribution in [-0.2, 0) is 19.1 Å². The fourth-order valence-corrected chi connectivity index (χ4v) is 7.18. The summed E-state index contributed by atoms with van der Waals surface area (Å²) in [6.07, 6.45) is 0.551. The second-order valence-electron chi connectivity index (χ2n) is 14.7. The molecule has 2 atom stereocenters. The molecule has 0 saturated heterocycles. The van der Waals surface area contributed by atoms with Crippen LogP contribution in [0.1, 0.15) is 50.7 Å². The maximum absolute atomic E-state index is 12.9. The average molecular weight is 779 g/mol. The van der Waals surface area contributed by atoms with Crippen molar-refractivity contribution in [3.8, 4) is 23.0 Å². The van der Waals surface area contributed by atoms with Gasteiger partial charge in [0, 0.05) is 45.2 Å². The van der Waals surface area contributed by atoms with Gasteiger partial charge in [0.15, 0.2) is 12.2 Å². The number of carbonyl (C=O) groups excluding carboxylic acids is 2. The van der Waals surface area contributed by atoms with E-state index in [0.717, 1.165) is 54.2 Å². The van der Waals surface area contributed by atoms with E-state index in [2.05, 4.69) is 12.1 Å². The first-order valence-corrected chi connectivity index (χ1v) is 20.1. The van der Waals surface area contributed by atoms with Crippen molar-refractivity contribution in [2.75, 3.05) is 26.4 Å². The zero-order valence-electron chi connectivity index (χ0n) is 33.6. The number of hydrogen-bond donors (Lipinski definition) is 0. The second-order valence-corrected chi connectivity index (χ2v) is 14.7. The molecule has 0 saturated carbocycles. The molecule has 58 heavy (non-hydrogen) atoms. The van der Waals surface area contributed by atoms with Gasteiger partial charge in [-0.05, 0) is 61.7 Å². The SMILES string of the molecule is CCCC(=O)OC(COc1cccc2ccccc12)COc1c2ccc(C)cc2c(OCC(COc2cccc3ccccc23)OC(=O)CCC)c2ccc(C)cc12. The molecule has 0 bridgehead atoms. The zero-order valence-corrected chi connectivity index (χ0v) is 33.6. The van der Waals surface area contributed by atoms with Crippen molar-refractivity contribution >= 4 is 55.0 Å². The van der Waals surface area contributed by atoms with Gasteiger partial charge in [0.1, 0.15) is 49.4 Å². The first kappa shape index (κ1) is 39.9. The van der Waals surface area contributed by atoms with Crippen molar-refractivity contribution in [2.45, 2.75) is 65.6 Å². The molecule has 0 aromatic heterocycles. The van der Waals surface area contributed by atoms with Crippen molar-refractivity contribution in [3.05, 3.63) is 132 Å². The molecule has 0 aliphatic carbocycles. The Morgan fingerprint density at radius 2 is 0.845 bits per heavy atom. The largest absolute Gasteiger partial charge is 0.489 e. The van der Waals surface area contributed by atoms with Gasteiger partial charge >= 0.3 is 11.9 Å². The van der Waals surface area contributed by atoms with Gasteiger partial charge in [-0.2, -0.15) is 0 Å². The first-order valence-electron chi connectivity index (χ1n) is 20.1. The van der Waals surface area contributed by atoms with Gasteiger partial charge < -0.3 is 28.4 Å². The van der Waals surface area contributed by atoms with E-state index in [4.69, 9.17) is 28.4 Å². The third-order valence-corrected chi connectivity index (χ3v) is 10.0. The molecule has 0 heterocycles. The Labute approximate surface area is 339 Å². The topological polar surface area (TPSA) is 89.5 Å². The van der Waals surface area contributed by atoms with Crippen molar-refractivity contribution in [2.24, 2.45) is 0 Å². The molecule has 7 aromatic carbocycles. The quantitative estimate of drug-likeness (QED) is 0.0628. The summed E-state index contributed by atoms with van der Waals surface area (Å²) in [5.74, 6) is 2.10. The molecule has 8 nitrogen and oxygen atoms in total. The van der Waals surface area contributed by atoms with Crippen LogP contribution in [0.4, 0.5) is 0 Å². The van der Waals surface area contributed by atoms with E-state index in [1.807, 2.05) is 137 Å². The fraction of sp³-hybridized carbons (Fsp3) is 0.280. The summed E-state index contributed by atoms with van der Waals surface area (Å²) in [7, 11) is 0. The van der Waals surface area contributed by atoms with Crippen LogP contribution in [0.5, 0.6) is 23.0 Å². The highest BCUT2D eigenvalue weighted by atomic mass is 16.6. The van der Waals surface area contributed by atoms with Gasteiger partial charge in [0.2, 0.25) is 0 Å². The molecule has 0 radical (unpaired) electrons. The Morgan fingerprint density at radius 3 is 1.28 bits per heavy atom. The lowest BCUT2D eigenvalue weighted by molar-refractivity contribution is -0.153. The van der Waals surface area contributed by atoms with Crippen LogP contribution in [0, 0.1) is 13.8 Å². The van der Waals surface area contributed by atoms with Crippen LogP contribution in [0.3, 0.4) is 0 Å². The van der Waals surface area contributed by atoms with Gasteiger partial charge in [-0.25, -0.2) is 0 Å². The predicted octanol–water partition coefficient (Wildman–Crippen LogP) is 11.3. The standard InChI is InChI=1S/C50H50O8/c1-5-13-47(51)57-37(29-53-45-21-11-17-35-15-7-9-19-39(35)45)31-55-49-41-25-23-34(4)28-44(41)50(42-26-24-33(3)27-43(42)49)56-32-38(58-48(52)14-6-2)30-54-46-22-12-18-36-16-8-10-20-40(36)46/h7-12,15-28,37-38H,5-6,13-14,29-32H2,1-4H3. The van der Waals surface area contributed by atoms with E-state index in [1.54, 1.807) is 0 Å². The van der Waals surface area contributed by atoms with Crippen LogP contribution in [0.15, 0.2) is 121 Å². The smallest absolute Gasteiger partial charge is 0.306 e. The zero-order chi connectivity index (χ0) is 40.4. The molecule has 298 valence electrons. The summed E-state index contributed by atoms with van der Waals surface area (Å²) < 4.78 is 38.0. The molecule has 7 aromatic rings. The number of aryl methyl sites for hydroxylation is 2. The Kier molecular flexibility index (Phi) is 12.9. The number of ether oxygens (including phenoxy) is 6. The monoisotopic (exact) mass is 778 g/mol. The van der Waals surface area contributed by atoms with E-state index < -0.39 is 12.2 Å². The van der Waals surface area contributed by atoms with Gasteiger partial charge in [-0.15, -0.1) is 0 Å². The number of esters is 2. The maximum atomic E-state index is 12.9. The lowest BCUT2D eigenvalue weighted by atomic mass is 9.97. The Balaban J connectivity index is 1.19.